The molecule has 2 aromatic heterocycles. The van der Waals surface area contributed by atoms with E-state index in [4.69, 9.17) is 15.6 Å². The predicted octanol–water partition coefficient (Wildman–Crippen LogP) is -1.24. The quantitative estimate of drug-likeness (QED) is 0.544. The average molecular weight is 304 g/mol. The first kappa shape index (κ1) is 14.7. The number of nitrogens with two attached hydrogens (primary N) is 1. The maximum atomic E-state index is 11.6. The van der Waals surface area contributed by atoms with Crippen molar-refractivity contribution in [3.05, 3.63) is 16.7 Å². The number of ether oxygens (including phenoxy) is 1. The molecule has 1 saturated heterocycles. The molecule has 0 bridgehead atoms. The lowest BCUT2D eigenvalue weighted by Gasteiger charge is -2.13. The number of fused-ring (bicyclic) bond motifs is 1. The first-order valence-electron chi connectivity index (χ1n) is 5.77. The lowest BCUT2D eigenvalue weighted by Crippen LogP contribution is -2.24. The summed E-state index contributed by atoms with van der Waals surface area (Å²) in [7, 11) is 0. The molecule has 1 aliphatic rings. The molecule has 3 rings (SSSR count). The second-order valence-corrected chi connectivity index (χ2v) is 4.39. The van der Waals surface area contributed by atoms with Crippen molar-refractivity contribution in [2.24, 2.45) is 0 Å². The zero-order valence-corrected chi connectivity index (χ0v) is 11.1. The Kier molecular flexibility index (Phi) is 3.95. The van der Waals surface area contributed by atoms with Gasteiger partial charge in [0.25, 0.3) is 5.56 Å². The lowest BCUT2D eigenvalue weighted by atomic mass is 10.2. The van der Waals surface area contributed by atoms with Crippen molar-refractivity contribution in [1.82, 2.24) is 19.5 Å². The Balaban J connectivity index is 0.00000147. The molecule has 0 spiro atoms. The molecule has 1 unspecified atom stereocenters. The number of hydrogen-bond acceptors (Lipinski definition) is 7. The van der Waals surface area contributed by atoms with Gasteiger partial charge in [-0.25, -0.2) is 4.98 Å². The maximum absolute atomic E-state index is 11.6. The number of rotatable bonds is 2. The lowest BCUT2D eigenvalue weighted by molar-refractivity contribution is -0.0432. The predicted molar refractivity (Wildman–Crippen MR) is 71.4 cm³/mol. The normalized spacial score (nSPS) is 25.8. The van der Waals surface area contributed by atoms with Gasteiger partial charge in [0, 0.05) is 6.42 Å². The molecule has 0 saturated carbocycles. The zero-order chi connectivity index (χ0) is 13.6. The van der Waals surface area contributed by atoms with Crippen LogP contribution in [0.4, 0.5) is 5.95 Å². The van der Waals surface area contributed by atoms with E-state index in [9.17, 15) is 9.90 Å². The number of hydrogen-bond donors (Lipinski definition) is 4. The molecule has 1 fully saturated rings. The van der Waals surface area contributed by atoms with Gasteiger partial charge in [0.15, 0.2) is 11.2 Å². The van der Waals surface area contributed by atoms with Gasteiger partial charge in [0.1, 0.15) is 12.3 Å². The topological polar surface area (TPSA) is 139 Å². The Morgan fingerprint density at radius 3 is 3.00 bits per heavy atom. The molecule has 0 aromatic carbocycles. The zero-order valence-electron chi connectivity index (χ0n) is 10.3. The van der Waals surface area contributed by atoms with Gasteiger partial charge in [-0.3, -0.25) is 14.3 Å². The number of imidazole rings is 1. The SMILES string of the molecule is Cl.Nc1nc2c(ncn2C2C[C@H](O)[C@@H](CO)O2)c(=O)[nH]1. The highest BCUT2D eigenvalue weighted by Gasteiger charge is 2.35. The van der Waals surface area contributed by atoms with Gasteiger partial charge in [-0.1, -0.05) is 0 Å². The maximum Gasteiger partial charge on any atom is 0.280 e. The summed E-state index contributed by atoms with van der Waals surface area (Å²) in [6.45, 7) is -0.277. The van der Waals surface area contributed by atoms with Gasteiger partial charge in [-0.15, -0.1) is 12.4 Å². The second kappa shape index (κ2) is 5.37. The Morgan fingerprint density at radius 1 is 1.60 bits per heavy atom. The van der Waals surface area contributed by atoms with E-state index in [0.29, 0.717) is 0 Å². The molecular formula is C10H14ClN5O4. The van der Waals surface area contributed by atoms with Crippen molar-refractivity contribution in [2.75, 3.05) is 12.3 Å². The fraction of sp³-hybridized carbons (Fsp3) is 0.500. The fourth-order valence-corrected chi connectivity index (χ4v) is 2.20. The molecule has 0 amide bonds. The summed E-state index contributed by atoms with van der Waals surface area (Å²) < 4.78 is 7.01. The Labute approximate surface area is 118 Å². The third-order valence-electron chi connectivity index (χ3n) is 3.15. The van der Waals surface area contributed by atoms with Crippen LogP contribution in [0.15, 0.2) is 11.1 Å². The summed E-state index contributed by atoms with van der Waals surface area (Å²) in [5.41, 5.74) is 5.50. The molecule has 1 aliphatic heterocycles. The van der Waals surface area contributed by atoms with Crippen molar-refractivity contribution < 1.29 is 14.9 Å². The first-order chi connectivity index (χ1) is 9.10. The van der Waals surface area contributed by atoms with E-state index in [1.807, 2.05) is 0 Å². The van der Waals surface area contributed by atoms with Gasteiger partial charge >= 0.3 is 0 Å². The molecule has 10 heteroatoms. The molecule has 3 heterocycles. The van der Waals surface area contributed by atoms with Crippen LogP contribution >= 0.6 is 12.4 Å². The van der Waals surface area contributed by atoms with Gasteiger partial charge in [0.05, 0.1) is 19.0 Å². The number of aromatic nitrogens is 4. The van der Waals surface area contributed by atoms with Gasteiger partial charge < -0.3 is 20.7 Å². The van der Waals surface area contributed by atoms with E-state index in [0.717, 1.165) is 0 Å². The summed E-state index contributed by atoms with van der Waals surface area (Å²) in [5, 5.41) is 18.8. The molecule has 0 radical (unpaired) electrons. The number of nitrogens with zero attached hydrogens (tertiary/aromatic N) is 3. The van der Waals surface area contributed by atoms with Crippen molar-refractivity contribution >= 4 is 29.5 Å². The van der Waals surface area contributed by atoms with Crippen LogP contribution in [0.5, 0.6) is 0 Å². The Hall–Kier alpha value is -1.68. The number of nitrogen functional groups attached to an aromatic ring is 1. The Morgan fingerprint density at radius 2 is 2.35 bits per heavy atom. The minimum Gasteiger partial charge on any atom is -0.394 e. The summed E-state index contributed by atoms with van der Waals surface area (Å²) in [4.78, 5) is 22.0. The molecule has 3 atom stereocenters. The first-order valence-corrected chi connectivity index (χ1v) is 5.77. The number of nitrogens with one attached hydrogen (secondary N) is 1. The van der Waals surface area contributed by atoms with Crippen LogP contribution in [0.3, 0.4) is 0 Å². The van der Waals surface area contributed by atoms with Crippen LogP contribution in [0.2, 0.25) is 0 Å². The van der Waals surface area contributed by atoms with Crippen molar-refractivity contribution in [2.45, 2.75) is 24.9 Å². The van der Waals surface area contributed by atoms with Crippen molar-refractivity contribution in [3.8, 4) is 0 Å². The summed E-state index contributed by atoms with van der Waals surface area (Å²) in [6.07, 6.45) is -0.270. The van der Waals surface area contributed by atoms with E-state index >= 15 is 0 Å². The summed E-state index contributed by atoms with van der Waals surface area (Å²) in [6, 6.07) is 0. The largest absolute Gasteiger partial charge is 0.394 e. The number of aliphatic hydroxyl groups is 2. The number of aromatic amines is 1. The summed E-state index contributed by atoms with van der Waals surface area (Å²) >= 11 is 0. The molecule has 110 valence electrons. The van der Waals surface area contributed by atoms with E-state index in [-0.39, 0.29) is 42.5 Å². The minimum absolute atomic E-state index is 0. The standard InChI is InChI=1S/C10H13N5O4.ClH/c11-10-13-8-7(9(18)14-10)12-3-15(8)6-1-4(17)5(2-16)19-6;/h3-6,16-17H,1-2H2,(H3,11,13,14,18);1H/t4-,5+,6?;/m0./s1. The van der Waals surface area contributed by atoms with E-state index in [1.165, 1.54) is 10.9 Å². The molecule has 9 nitrogen and oxygen atoms in total. The second-order valence-electron chi connectivity index (χ2n) is 4.39. The number of anilines is 1. The fourth-order valence-electron chi connectivity index (χ4n) is 2.20. The minimum atomic E-state index is -0.771. The van der Waals surface area contributed by atoms with Gasteiger partial charge in [0.2, 0.25) is 5.95 Å². The van der Waals surface area contributed by atoms with Gasteiger partial charge in [-0.05, 0) is 0 Å². The van der Waals surface area contributed by atoms with E-state index in [2.05, 4.69) is 15.0 Å². The highest BCUT2D eigenvalue weighted by molar-refractivity contribution is 5.85. The number of H-pyrrole nitrogens is 1. The number of aliphatic hydroxyl groups excluding tert-OH is 2. The highest BCUT2D eigenvalue weighted by atomic mass is 35.5. The van der Waals surface area contributed by atoms with Crippen LogP contribution in [0, 0.1) is 0 Å². The van der Waals surface area contributed by atoms with Crippen LogP contribution in [-0.2, 0) is 4.74 Å². The van der Waals surface area contributed by atoms with Crippen LogP contribution in [0.1, 0.15) is 12.6 Å². The van der Waals surface area contributed by atoms with Crippen molar-refractivity contribution in [3.63, 3.8) is 0 Å². The monoisotopic (exact) mass is 303 g/mol. The molecule has 5 N–H and O–H groups in total. The molecular weight excluding hydrogens is 290 g/mol. The summed E-state index contributed by atoms with van der Waals surface area (Å²) in [5.74, 6) is -0.0171. The highest BCUT2D eigenvalue weighted by Crippen LogP contribution is 2.30. The third-order valence-corrected chi connectivity index (χ3v) is 3.15. The van der Waals surface area contributed by atoms with Crippen LogP contribution in [0.25, 0.3) is 11.2 Å². The molecule has 2 aromatic rings. The van der Waals surface area contributed by atoms with Crippen LogP contribution < -0.4 is 11.3 Å². The molecule has 0 aliphatic carbocycles. The third kappa shape index (κ3) is 2.24. The smallest absolute Gasteiger partial charge is 0.280 e. The van der Waals surface area contributed by atoms with E-state index in [1.54, 1.807) is 0 Å². The van der Waals surface area contributed by atoms with E-state index < -0.39 is 24.0 Å². The number of halogens is 1. The van der Waals surface area contributed by atoms with Gasteiger partial charge in [-0.2, -0.15) is 4.98 Å². The average Bonchev–Trinajstić information content (AvgIpc) is 2.92. The van der Waals surface area contributed by atoms with Crippen LogP contribution in [-0.4, -0.2) is 48.5 Å². The Bertz CT molecular complexity index is 671. The van der Waals surface area contributed by atoms with Crippen molar-refractivity contribution in [1.29, 1.82) is 0 Å². The molecule has 20 heavy (non-hydrogen) atoms.